The molecule has 0 spiro atoms. The topological polar surface area (TPSA) is 92.8 Å². The van der Waals surface area contributed by atoms with E-state index in [0.717, 1.165) is 11.8 Å². The summed E-state index contributed by atoms with van der Waals surface area (Å²) in [4.78, 5) is 21.1. The van der Waals surface area contributed by atoms with Crippen LogP contribution in [-0.4, -0.2) is 23.6 Å². The molecule has 0 aromatic heterocycles. The van der Waals surface area contributed by atoms with Crippen LogP contribution in [0, 0.1) is 0 Å². The van der Waals surface area contributed by atoms with Gasteiger partial charge in [0.25, 0.3) is 0 Å². The van der Waals surface area contributed by atoms with Crippen LogP contribution in [0.15, 0.2) is 29.4 Å². The lowest BCUT2D eigenvalue weighted by Crippen LogP contribution is -2.13. The summed E-state index contributed by atoms with van der Waals surface area (Å²) in [5.74, 6) is -0.427. The van der Waals surface area contributed by atoms with Crippen LogP contribution in [0.25, 0.3) is 0 Å². The molecule has 16 heavy (non-hydrogen) atoms. The third kappa shape index (κ3) is 2.66. The lowest BCUT2D eigenvalue weighted by atomic mass is 9.97. The average molecular weight is 220 g/mol. The van der Waals surface area contributed by atoms with Gasteiger partial charge in [-0.1, -0.05) is 29.4 Å². The molecule has 0 aliphatic carbocycles. The number of aldehydes is 2. The maximum atomic E-state index is 10.7. The lowest BCUT2D eigenvalue weighted by molar-refractivity contribution is -0.113. The standard InChI is InChI=1S/C11H12N2O3/c12-11(13-16)9-3-1-8(2-4-9)10(7-15)5-6-14/h1-4,6-7,10,16H,5H2,(H2,12,13). The maximum absolute atomic E-state index is 10.7. The van der Waals surface area contributed by atoms with E-state index in [-0.39, 0.29) is 12.3 Å². The fourth-order valence-electron chi connectivity index (χ4n) is 1.33. The molecule has 0 saturated heterocycles. The van der Waals surface area contributed by atoms with E-state index in [1.807, 2.05) is 0 Å². The number of carbonyl (C=O) groups is 2. The quantitative estimate of drug-likeness (QED) is 0.250. The summed E-state index contributed by atoms with van der Waals surface area (Å²) in [5, 5.41) is 11.3. The summed E-state index contributed by atoms with van der Waals surface area (Å²) in [6.07, 6.45) is 1.59. The highest BCUT2D eigenvalue weighted by Crippen LogP contribution is 2.16. The van der Waals surface area contributed by atoms with E-state index in [1.165, 1.54) is 0 Å². The molecular formula is C11H12N2O3. The van der Waals surface area contributed by atoms with Gasteiger partial charge in [0, 0.05) is 17.9 Å². The fourth-order valence-corrected chi connectivity index (χ4v) is 1.33. The second-order valence-corrected chi connectivity index (χ2v) is 3.25. The molecule has 0 fully saturated rings. The minimum atomic E-state index is -0.432. The van der Waals surface area contributed by atoms with E-state index in [9.17, 15) is 9.59 Å². The first-order valence-electron chi connectivity index (χ1n) is 4.69. The summed E-state index contributed by atoms with van der Waals surface area (Å²) in [7, 11) is 0. The van der Waals surface area contributed by atoms with E-state index in [4.69, 9.17) is 10.9 Å². The third-order valence-electron chi connectivity index (χ3n) is 2.26. The Labute approximate surface area is 92.6 Å². The molecule has 1 unspecified atom stereocenters. The maximum Gasteiger partial charge on any atom is 0.170 e. The minimum Gasteiger partial charge on any atom is -0.409 e. The van der Waals surface area contributed by atoms with Crippen LogP contribution < -0.4 is 5.73 Å². The van der Waals surface area contributed by atoms with Gasteiger partial charge in [-0.25, -0.2) is 0 Å². The Morgan fingerprint density at radius 1 is 1.38 bits per heavy atom. The molecule has 0 amide bonds. The first kappa shape index (κ1) is 11.9. The van der Waals surface area contributed by atoms with Crippen LogP contribution in [-0.2, 0) is 9.59 Å². The number of amidine groups is 1. The minimum absolute atomic E-state index is 0.00425. The number of nitrogens with two attached hydrogens (primary N) is 1. The van der Waals surface area contributed by atoms with Crippen molar-refractivity contribution in [3.8, 4) is 0 Å². The molecule has 0 heterocycles. The zero-order valence-corrected chi connectivity index (χ0v) is 8.54. The summed E-state index contributed by atoms with van der Waals surface area (Å²) >= 11 is 0. The Balaban J connectivity index is 2.93. The fraction of sp³-hybridized carbons (Fsp3) is 0.182. The van der Waals surface area contributed by atoms with E-state index < -0.39 is 5.92 Å². The van der Waals surface area contributed by atoms with Crippen molar-refractivity contribution >= 4 is 18.4 Å². The van der Waals surface area contributed by atoms with Gasteiger partial charge in [0.1, 0.15) is 12.6 Å². The van der Waals surface area contributed by atoms with Crippen molar-refractivity contribution in [2.24, 2.45) is 10.9 Å². The second-order valence-electron chi connectivity index (χ2n) is 3.25. The molecule has 1 rings (SSSR count). The summed E-state index contributed by atoms with van der Waals surface area (Å²) in [5.41, 5.74) is 6.68. The smallest absolute Gasteiger partial charge is 0.170 e. The van der Waals surface area contributed by atoms with Crippen LogP contribution in [0.5, 0.6) is 0 Å². The van der Waals surface area contributed by atoms with Gasteiger partial charge in [0.2, 0.25) is 0 Å². The number of nitrogens with zero attached hydrogens (tertiary/aromatic N) is 1. The summed E-state index contributed by atoms with van der Waals surface area (Å²) < 4.78 is 0. The predicted octanol–water partition coefficient (Wildman–Crippen LogP) is 0.653. The Bertz CT molecular complexity index is 398. The molecule has 84 valence electrons. The highest BCUT2D eigenvalue weighted by Gasteiger charge is 2.09. The van der Waals surface area contributed by atoms with Crippen molar-refractivity contribution in [3.63, 3.8) is 0 Å². The predicted molar refractivity (Wildman–Crippen MR) is 58.4 cm³/mol. The van der Waals surface area contributed by atoms with Gasteiger partial charge in [-0.3, -0.25) is 0 Å². The van der Waals surface area contributed by atoms with Gasteiger partial charge >= 0.3 is 0 Å². The Kier molecular flexibility index (Phi) is 4.20. The van der Waals surface area contributed by atoms with Crippen LogP contribution in [0.3, 0.4) is 0 Å². The summed E-state index contributed by atoms with van der Waals surface area (Å²) in [6.45, 7) is 0. The molecule has 0 radical (unpaired) electrons. The van der Waals surface area contributed by atoms with Crippen LogP contribution in [0.1, 0.15) is 23.5 Å². The van der Waals surface area contributed by atoms with E-state index in [2.05, 4.69) is 5.16 Å². The number of rotatable bonds is 5. The zero-order chi connectivity index (χ0) is 12.0. The highest BCUT2D eigenvalue weighted by atomic mass is 16.4. The first-order valence-corrected chi connectivity index (χ1v) is 4.69. The highest BCUT2D eigenvalue weighted by molar-refractivity contribution is 5.97. The number of benzene rings is 1. The molecule has 0 saturated carbocycles. The molecule has 1 aromatic carbocycles. The van der Waals surface area contributed by atoms with Gasteiger partial charge < -0.3 is 20.5 Å². The van der Waals surface area contributed by atoms with Crippen molar-refractivity contribution in [2.75, 3.05) is 0 Å². The van der Waals surface area contributed by atoms with Gasteiger partial charge in [-0.15, -0.1) is 0 Å². The number of oxime groups is 1. The second kappa shape index (κ2) is 5.65. The van der Waals surface area contributed by atoms with Crippen molar-refractivity contribution in [3.05, 3.63) is 35.4 Å². The Hall–Kier alpha value is -2.17. The third-order valence-corrected chi connectivity index (χ3v) is 2.26. The van der Waals surface area contributed by atoms with Crippen LogP contribution >= 0.6 is 0 Å². The molecular weight excluding hydrogens is 208 g/mol. The lowest BCUT2D eigenvalue weighted by Gasteiger charge is -2.07. The largest absolute Gasteiger partial charge is 0.409 e. The molecule has 1 aromatic rings. The van der Waals surface area contributed by atoms with Crippen molar-refractivity contribution in [1.82, 2.24) is 0 Å². The van der Waals surface area contributed by atoms with Gasteiger partial charge in [0.05, 0.1) is 0 Å². The number of carbonyl (C=O) groups excluding carboxylic acids is 2. The Morgan fingerprint density at radius 3 is 2.44 bits per heavy atom. The molecule has 5 nitrogen and oxygen atoms in total. The van der Waals surface area contributed by atoms with E-state index >= 15 is 0 Å². The average Bonchev–Trinajstić information content (AvgIpc) is 2.35. The number of hydrogen-bond donors (Lipinski definition) is 2. The van der Waals surface area contributed by atoms with Gasteiger partial charge in [-0.05, 0) is 5.56 Å². The van der Waals surface area contributed by atoms with Crippen LogP contribution in [0.4, 0.5) is 0 Å². The first-order chi connectivity index (χ1) is 7.72. The van der Waals surface area contributed by atoms with E-state index in [0.29, 0.717) is 11.8 Å². The molecule has 3 N–H and O–H groups in total. The normalized spacial score (nSPS) is 13.1. The molecule has 5 heteroatoms. The molecule has 1 atom stereocenters. The van der Waals surface area contributed by atoms with Crippen molar-refractivity contribution in [2.45, 2.75) is 12.3 Å². The molecule has 0 aliphatic rings. The van der Waals surface area contributed by atoms with Crippen molar-refractivity contribution < 1.29 is 14.8 Å². The summed E-state index contributed by atoms with van der Waals surface area (Å²) in [6, 6.07) is 6.61. The van der Waals surface area contributed by atoms with Crippen LogP contribution in [0.2, 0.25) is 0 Å². The SMILES string of the molecule is NC(=NO)c1ccc(C(C=O)CC=O)cc1. The zero-order valence-electron chi connectivity index (χ0n) is 8.54. The van der Waals surface area contributed by atoms with Crippen molar-refractivity contribution in [1.29, 1.82) is 0 Å². The number of hydrogen-bond acceptors (Lipinski definition) is 4. The van der Waals surface area contributed by atoms with Gasteiger partial charge in [-0.2, -0.15) is 0 Å². The molecule has 0 bridgehead atoms. The Morgan fingerprint density at radius 2 is 2.00 bits per heavy atom. The monoisotopic (exact) mass is 220 g/mol. The van der Waals surface area contributed by atoms with E-state index in [1.54, 1.807) is 24.3 Å². The molecule has 0 aliphatic heterocycles. The van der Waals surface area contributed by atoms with Gasteiger partial charge in [0.15, 0.2) is 5.84 Å².